The molecule has 2 amide bonds. The molecule has 0 spiro atoms. The van der Waals surface area contributed by atoms with Gasteiger partial charge in [0, 0.05) is 32.0 Å². The molecule has 0 bridgehead atoms. The lowest BCUT2D eigenvalue weighted by Gasteiger charge is -2.31. The molecule has 0 aromatic carbocycles. The smallest absolute Gasteiger partial charge is 0.410 e. The molecule has 2 heterocycles. The average Bonchev–Trinajstić information content (AvgIpc) is 3.17. The molecule has 6 nitrogen and oxygen atoms in total. The van der Waals surface area contributed by atoms with E-state index in [9.17, 15) is 9.59 Å². The molecule has 2 rings (SSSR count). The van der Waals surface area contributed by atoms with Crippen LogP contribution in [0.15, 0.2) is 41.8 Å². The van der Waals surface area contributed by atoms with E-state index in [2.05, 4.69) is 10.3 Å². The summed E-state index contributed by atoms with van der Waals surface area (Å²) >= 11 is 0. The molecule has 0 unspecified atom stereocenters. The molecule has 0 atom stereocenters. The Bertz CT molecular complexity index is 650. The Hall–Kier alpha value is -2.50. The largest absolute Gasteiger partial charge is 0.445 e. The summed E-state index contributed by atoms with van der Waals surface area (Å²) in [5.41, 5.74) is 2.87. The van der Waals surface area contributed by atoms with Gasteiger partial charge in [0.15, 0.2) is 0 Å². The number of rotatable bonds is 6. The summed E-state index contributed by atoms with van der Waals surface area (Å²) in [7, 11) is 0. The number of carbonyl (C=O) groups excluding carboxylic acids is 2. The first kappa shape index (κ1) is 19.8. The number of allylic oxidation sites excluding steroid dienone is 3. The van der Waals surface area contributed by atoms with Crippen molar-refractivity contribution in [1.29, 1.82) is 0 Å². The highest BCUT2D eigenvalue weighted by molar-refractivity contribution is 5.93. The van der Waals surface area contributed by atoms with Crippen LogP contribution in [0.4, 0.5) is 4.79 Å². The lowest BCUT2D eigenvalue weighted by molar-refractivity contribution is 0.0881. The Balaban J connectivity index is 1.67. The third-order valence-electron chi connectivity index (χ3n) is 4.41. The summed E-state index contributed by atoms with van der Waals surface area (Å²) in [5.74, 6) is 0.327. The van der Waals surface area contributed by atoms with Gasteiger partial charge < -0.3 is 19.9 Å². The van der Waals surface area contributed by atoms with Crippen molar-refractivity contribution in [3.8, 4) is 0 Å². The molecule has 6 heteroatoms. The lowest BCUT2D eigenvalue weighted by atomic mass is 9.97. The second kappa shape index (κ2) is 9.85. The van der Waals surface area contributed by atoms with Crippen molar-refractivity contribution >= 4 is 12.0 Å². The number of aromatic nitrogens is 1. The van der Waals surface area contributed by atoms with Gasteiger partial charge in [-0.05, 0) is 51.2 Å². The third-order valence-corrected chi connectivity index (χ3v) is 4.41. The Morgan fingerprint density at radius 3 is 2.62 bits per heavy atom. The molecular formula is C20H29N3O3. The molecule has 1 aromatic heterocycles. The second-order valence-corrected chi connectivity index (χ2v) is 7.05. The first-order valence-electron chi connectivity index (χ1n) is 9.09. The minimum Gasteiger partial charge on any atom is -0.445 e. The van der Waals surface area contributed by atoms with Gasteiger partial charge in [0.05, 0.1) is 5.56 Å². The fraction of sp³-hybridized carbons (Fsp3) is 0.500. The SMILES string of the molecule is CC(C)=C/C=C(\C)COC(=O)N1CCC(CNC(=O)c2cc[nH]c2)CC1. The molecule has 1 aromatic rings. The maximum Gasteiger partial charge on any atom is 0.410 e. The standard InChI is InChI=1S/C20H29N3O3/c1-15(2)4-5-16(3)14-26-20(25)23-10-7-17(8-11-23)12-22-19(24)18-6-9-21-13-18/h4-6,9,13,17,21H,7-8,10-12,14H2,1-3H3,(H,22,24)/b16-5+. The van der Waals surface area contributed by atoms with Gasteiger partial charge in [0.2, 0.25) is 0 Å². The Labute approximate surface area is 155 Å². The minimum absolute atomic E-state index is 0.0632. The van der Waals surface area contributed by atoms with Gasteiger partial charge >= 0.3 is 6.09 Å². The minimum atomic E-state index is -0.259. The summed E-state index contributed by atoms with van der Waals surface area (Å²) in [5, 5.41) is 2.96. The summed E-state index contributed by atoms with van der Waals surface area (Å²) in [6, 6.07) is 1.75. The number of amides is 2. The van der Waals surface area contributed by atoms with Crippen LogP contribution in [0.5, 0.6) is 0 Å². The predicted octanol–water partition coefficient (Wildman–Crippen LogP) is 3.51. The molecule has 1 aliphatic rings. The molecular weight excluding hydrogens is 330 g/mol. The van der Waals surface area contributed by atoms with Crippen molar-refractivity contribution in [2.75, 3.05) is 26.2 Å². The van der Waals surface area contributed by atoms with Gasteiger partial charge in [-0.15, -0.1) is 0 Å². The highest BCUT2D eigenvalue weighted by Crippen LogP contribution is 2.17. The molecule has 1 saturated heterocycles. The number of nitrogens with one attached hydrogen (secondary N) is 2. The highest BCUT2D eigenvalue weighted by atomic mass is 16.6. The van der Waals surface area contributed by atoms with Gasteiger partial charge in [0.1, 0.15) is 6.61 Å². The molecule has 1 aliphatic heterocycles. The van der Waals surface area contributed by atoms with Crippen LogP contribution >= 0.6 is 0 Å². The number of carbonyl (C=O) groups is 2. The monoisotopic (exact) mass is 359 g/mol. The maximum absolute atomic E-state index is 12.2. The summed E-state index contributed by atoms with van der Waals surface area (Å²) in [6.07, 6.45) is 8.88. The number of hydrogen-bond acceptors (Lipinski definition) is 3. The Morgan fingerprint density at radius 2 is 2.00 bits per heavy atom. The van der Waals surface area contributed by atoms with E-state index in [1.807, 2.05) is 32.9 Å². The lowest BCUT2D eigenvalue weighted by Crippen LogP contribution is -2.41. The number of H-pyrrole nitrogens is 1. The van der Waals surface area contributed by atoms with Crippen molar-refractivity contribution in [2.45, 2.75) is 33.6 Å². The zero-order valence-corrected chi connectivity index (χ0v) is 15.9. The van der Waals surface area contributed by atoms with Gasteiger partial charge in [-0.2, -0.15) is 0 Å². The van der Waals surface area contributed by atoms with Gasteiger partial charge in [0.25, 0.3) is 5.91 Å². The van der Waals surface area contributed by atoms with E-state index in [0.29, 0.717) is 37.7 Å². The zero-order chi connectivity index (χ0) is 18.9. The zero-order valence-electron chi connectivity index (χ0n) is 15.9. The topological polar surface area (TPSA) is 74.4 Å². The summed E-state index contributed by atoms with van der Waals surface area (Å²) in [6.45, 7) is 8.29. The highest BCUT2D eigenvalue weighted by Gasteiger charge is 2.24. The van der Waals surface area contributed by atoms with Crippen LogP contribution in [0.1, 0.15) is 44.0 Å². The van der Waals surface area contributed by atoms with Crippen LogP contribution in [-0.2, 0) is 4.74 Å². The van der Waals surface area contributed by atoms with E-state index in [1.165, 1.54) is 5.57 Å². The molecule has 1 fully saturated rings. The van der Waals surface area contributed by atoms with E-state index < -0.39 is 0 Å². The molecule has 142 valence electrons. The average molecular weight is 359 g/mol. The van der Waals surface area contributed by atoms with Crippen molar-refractivity contribution in [2.24, 2.45) is 5.92 Å². The Morgan fingerprint density at radius 1 is 1.27 bits per heavy atom. The number of likely N-dealkylation sites (tertiary alicyclic amines) is 1. The Kier molecular flexibility index (Phi) is 7.51. The molecule has 0 aliphatic carbocycles. The van der Waals surface area contributed by atoms with Crippen LogP contribution in [0.2, 0.25) is 0 Å². The van der Waals surface area contributed by atoms with E-state index in [4.69, 9.17) is 4.74 Å². The molecule has 26 heavy (non-hydrogen) atoms. The van der Waals surface area contributed by atoms with E-state index in [-0.39, 0.29) is 12.0 Å². The molecule has 0 saturated carbocycles. The second-order valence-electron chi connectivity index (χ2n) is 7.05. The molecule has 0 radical (unpaired) electrons. The van der Waals surface area contributed by atoms with E-state index in [1.54, 1.807) is 23.4 Å². The van der Waals surface area contributed by atoms with Crippen LogP contribution in [0.25, 0.3) is 0 Å². The first-order chi connectivity index (χ1) is 12.5. The molecule has 2 N–H and O–H groups in total. The van der Waals surface area contributed by atoms with Gasteiger partial charge in [-0.25, -0.2) is 4.79 Å². The van der Waals surface area contributed by atoms with E-state index >= 15 is 0 Å². The number of hydrogen-bond donors (Lipinski definition) is 2. The van der Waals surface area contributed by atoms with E-state index in [0.717, 1.165) is 18.4 Å². The van der Waals surface area contributed by atoms with Crippen LogP contribution in [-0.4, -0.2) is 48.1 Å². The third kappa shape index (κ3) is 6.43. The number of piperidine rings is 1. The van der Waals surface area contributed by atoms with Crippen LogP contribution in [0.3, 0.4) is 0 Å². The number of aromatic amines is 1. The normalized spacial score (nSPS) is 15.5. The number of ether oxygens (including phenoxy) is 1. The van der Waals surface area contributed by atoms with Gasteiger partial charge in [-0.3, -0.25) is 4.79 Å². The summed E-state index contributed by atoms with van der Waals surface area (Å²) in [4.78, 5) is 28.7. The predicted molar refractivity (Wildman–Crippen MR) is 102 cm³/mol. The first-order valence-corrected chi connectivity index (χ1v) is 9.09. The van der Waals surface area contributed by atoms with Gasteiger partial charge in [-0.1, -0.05) is 17.7 Å². The maximum atomic E-state index is 12.2. The van der Waals surface area contributed by atoms with Crippen molar-refractivity contribution < 1.29 is 14.3 Å². The van der Waals surface area contributed by atoms with Crippen molar-refractivity contribution in [3.05, 3.63) is 47.3 Å². The van der Waals surface area contributed by atoms with Crippen molar-refractivity contribution in [1.82, 2.24) is 15.2 Å². The van der Waals surface area contributed by atoms with Crippen LogP contribution in [0, 0.1) is 5.92 Å². The summed E-state index contributed by atoms with van der Waals surface area (Å²) < 4.78 is 5.37. The fourth-order valence-electron chi connectivity index (χ4n) is 2.75. The quantitative estimate of drug-likeness (QED) is 0.763. The number of nitrogens with zero attached hydrogens (tertiary/aromatic N) is 1. The fourth-order valence-corrected chi connectivity index (χ4v) is 2.75. The van der Waals surface area contributed by atoms with Crippen molar-refractivity contribution in [3.63, 3.8) is 0 Å². The van der Waals surface area contributed by atoms with Crippen LogP contribution < -0.4 is 5.32 Å².